The van der Waals surface area contributed by atoms with Gasteiger partial charge in [-0.25, -0.2) is 0 Å². The molecule has 0 spiro atoms. The highest BCUT2D eigenvalue weighted by Gasteiger charge is 2.31. The highest BCUT2D eigenvalue weighted by atomic mass is 35.5. The van der Waals surface area contributed by atoms with Gasteiger partial charge in [-0.2, -0.15) is 5.10 Å². The van der Waals surface area contributed by atoms with Crippen molar-refractivity contribution in [2.45, 2.75) is 11.7 Å². The molecule has 1 aliphatic rings. The molecule has 5 nitrogen and oxygen atoms in total. The van der Waals surface area contributed by atoms with E-state index in [1.165, 1.54) is 11.8 Å². The second-order valence-electron chi connectivity index (χ2n) is 5.46. The number of hydrogen-bond donors (Lipinski definition) is 1. The zero-order chi connectivity index (χ0) is 18.5. The van der Waals surface area contributed by atoms with Crippen LogP contribution < -0.4 is 10.1 Å². The van der Waals surface area contributed by atoms with Crippen LogP contribution in [0.4, 0.5) is 0 Å². The number of benzene rings is 2. The van der Waals surface area contributed by atoms with Crippen molar-refractivity contribution in [3.63, 3.8) is 0 Å². The summed E-state index contributed by atoms with van der Waals surface area (Å²) in [6.07, 6.45) is 2.08. The van der Waals surface area contributed by atoms with Crippen LogP contribution in [-0.2, 0) is 11.2 Å². The highest BCUT2D eigenvalue weighted by Crippen LogP contribution is 2.28. The number of thioether (sulfide) groups is 1. The number of carbonyl (C=O) groups excluding carboxylic acids is 1. The molecule has 134 valence electrons. The molecular weight excluding hydrogens is 393 g/mol. The molecule has 0 aromatic heterocycles. The average molecular weight is 408 g/mol. The molecule has 0 aliphatic carbocycles. The van der Waals surface area contributed by atoms with E-state index in [2.05, 4.69) is 15.5 Å². The van der Waals surface area contributed by atoms with Gasteiger partial charge in [-0.3, -0.25) is 4.79 Å². The Kier molecular flexibility index (Phi) is 6.19. The third-order valence-corrected chi connectivity index (χ3v) is 5.34. The number of nitrogens with zero attached hydrogens (tertiary/aromatic N) is 2. The second kappa shape index (κ2) is 8.58. The summed E-state index contributed by atoms with van der Waals surface area (Å²) >= 11 is 13.5. The Labute approximate surface area is 165 Å². The maximum Gasteiger partial charge on any atom is 0.239 e. The SMILES string of the molecule is COc1ccc(/C=N\N=C2/NC(=O)[C@H](Cc3cc(Cl)ccc3Cl)S2)cc1. The van der Waals surface area contributed by atoms with E-state index in [0.717, 1.165) is 16.9 Å². The third kappa shape index (κ3) is 4.78. The lowest BCUT2D eigenvalue weighted by atomic mass is 10.1. The summed E-state index contributed by atoms with van der Waals surface area (Å²) < 4.78 is 5.10. The molecule has 26 heavy (non-hydrogen) atoms. The molecule has 1 saturated heterocycles. The Morgan fingerprint density at radius 1 is 1.23 bits per heavy atom. The molecule has 1 heterocycles. The van der Waals surface area contributed by atoms with Crippen molar-refractivity contribution in [2.24, 2.45) is 10.2 Å². The number of ether oxygens (including phenoxy) is 1. The van der Waals surface area contributed by atoms with Gasteiger partial charge in [0.15, 0.2) is 5.17 Å². The summed E-state index contributed by atoms with van der Waals surface area (Å²) in [5, 5.41) is 12.1. The number of carbonyl (C=O) groups is 1. The van der Waals surface area contributed by atoms with Crippen LogP contribution in [0, 0.1) is 0 Å². The van der Waals surface area contributed by atoms with Crippen molar-refractivity contribution in [1.29, 1.82) is 0 Å². The second-order valence-corrected chi connectivity index (χ2v) is 7.49. The van der Waals surface area contributed by atoms with Gasteiger partial charge in [0.2, 0.25) is 5.91 Å². The number of halogens is 2. The molecule has 0 radical (unpaired) electrons. The summed E-state index contributed by atoms with van der Waals surface area (Å²) in [6, 6.07) is 12.6. The molecule has 0 unspecified atom stereocenters. The molecule has 3 rings (SSSR count). The number of nitrogens with one attached hydrogen (secondary N) is 1. The minimum Gasteiger partial charge on any atom is -0.497 e. The average Bonchev–Trinajstić information content (AvgIpc) is 2.98. The first-order valence-corrected chi connectivity index (χ1v) is 9.35. The van der Waals surface area contributed by atoms with E-state index in [0.29, 0.717) is 21.6 Å². The molecule has 2 aromatic carbocycles. The topological polar surface area (TPSA) is 63.1 Å². The van der Waals surface area contributed by atoms with Crippen LogP contribution in [0.2, 0.25) is 10.0 Å². The Bertz CT molecular complexity index is 869. The van der Waals surface area contributed by atoms with Crippen molar-refractivity contribution >= 4 is 52.3 Å². The number of amidine groups is 1. The minimum atomic E-state index is -0.319. The molecule has 8 heteroatoms. The van der Waals surface area contributed by atoms with Gasteiger partial charge in [-0.15, -0.1) is 5.10 Å². The quantitative estimate of drug-likeness (QED) is 0.597. The maximum atomic E-state index is 12.1. The van der Waals surface area contributed by atoms with Crippen molar-refractivity contribution in [1.82, 2.24) is 5.32 Å². The summed E-state index contributed by atoms with van der Waals surface area (Å²) in [4.78, 5) is 12.1. The summed E-state index contributed by atoms with van der Waals surface area (Å²) in [5.74, 6) is 0.652. The fraction of sp³-hybridized carbons (Fsp3) is 0.167. The molecule has 2 aromatic rings. The first kappa shape index (κ1) is 18.8. The Balaban J connectivity index is 1.63. The van der Waals surface area contributed by atoms with E-state index < -0.39 is 0 Å². The van der Waals surface area contributed by atoms with Gasteiger partial charge in [-0.05, 0) is 60.0 Å². The van der Waals surface area contributed by atoms with Crippen LogP contribution in [0.1, 0.15) is 11.1 Å². The number of rotatable bonds is 5. The normalized spacial score (nSPS) is 18.5. The fourth-order valence-electron chi connectivity index (χ4n) is 2.32. The summed E-state index contributed by atoms with van der Waals surface area (Å²) in [7, 11) is 1.61. The van der Waals surface area contributed by atoms with Crippen LogP contribution in [0.25, 0.3) is 0 Å². The predicted octanol–water partition coefficient (Wildman–Crippen LogP) is 4.17. The zero-order valence-corrected chi connectivity index (χ0v) is 16.1. The van der Waals surface area contributed by atoms with Crippen LogP contribution in [-0.4, -0.2) is 29.6 Å². The van der Waals surface area contributed by atoms with E-state index in [1.54, 1.807) is 31.5 Å². The largest absolute Gasteiger partial charge is 0.497 e. The van der Waals surface area contributed by atoms with Gasteiger partial charge in [0.1, 0.15) is 5.75 Å². The van der Waals surface area contributed by atoms with Crippen LogP contribution in [0.5, 0.6) is 5.75 Å². The molecule has 0 bridgehead atoms. The molecule has 1 aliphatic heterocycles. The molecule has 0 saturated carbocycles. The molecule has 1 N–H and O–H groups in total. The number of amides is 1. The summed E-state index contributed by atoms with van der Waals surface area (Å²) in [5.41, 5.74) is 1.71. The maximum absolute atomic E-state index is 12.1. The van der Waals surface area contributed by atoms with Crippen LogP contribution in [0.3, 0.4) is 0 Å². The molecule has 1 atom stereocenters. The number of methoxy groups -OCH3 is 1. The molecular formula is C18H15Cl2N3O2S. The van der Waals surface area contributed by atoms with Crippen molar-refractivity contribution in [3.05, 3.63) is 63.6 Å². The molecule has 1 fully saturated rings. The summed E-state index contributed by atoms with van der Waals surface area (Å²) in [6.45, 7) is 0. The lowest BCUT2D eigenvalue weighted by Crippen LogP contribution is -2.26. The van der Waals surface area contributed by atoms with E-state index in [4.69, 9.17) is 27.9 Å². The highest BCUT2D eigenvalue weighted by molar-refractivity contribution is 8.15. The lowest BCUT2D eigenvalue weighted by molar-refractivity contribution is -0.118. The van der Waals surface area contributed by atoms with E-state index >= 15 is 0 Å². The molecule has 1 amide bonds. The van der Waals surface area contributed by atoms with Gasteiger partial charge < -0.3 is 10.1 Å². The van der Waals surface area contributed by atoms with Crippen LogP contribution in [0.15, 0.2) is 52.7 Å². The Hall–Kier alpha value is -2.02. The fourth-order valence-corrected chi connectivity index (χ4v) is 3.67. The van der Waals surface area contributed by atoms with Gasteiger partial charge in [0, 0.05) is 10.0 Å². The Morgan fingerprint density at radius 3 is 2.73 bits per heavy atom. The van der Waals surface area contributed by atoms with Crippen molar-refractivity contribution < 1.29 is 9.53 Å². The van der Waals surface area contributed by atoms with Gasteiger partial charge in [0.25, 0.3) is 0 Å². The minimum absolute atomic E-state index is 0.121. The standard InChI is InChI=1S/C18H15Cl2N3O2S/c1-25-14-5-2-11(3-6-14)10-21-23-18-22-17(24)16(26-18)9-12-8-13(19)4-7-15(12)20/h2-8,10,16H,9H2,1H3,(H,22,23,24)/b21-10-/t16-/m0/s1. The van der Waals surface area contributed by atoms with Gasteiger partial charge in [0.05, 0.1) is 18.6 Å². The third-order valence-electron chi connectivity index (χ3n) is 3.66. The van der Waals surface area contributed by atoms with Gasteiger partial charge >= 0.3 is 0 Å². The predicted molar refractivity (Wildman–Crippen MR) is 108 cm³/mol. The Morgan fingerprint density at radius 2 is 2.00 bits per heavy atom. The smallest absolute Gasteiger partial charge is 0.239 e. The lowest BCUT2D eigenvalue weighted by Gasteiger charge is -2.07. The zero-order valence-electron chi connectivity index (χ0n) is 13.8. The van der Waals surface area contributed by atoms with Crippen molar-refractivity contribution in [3.8, 4) is 5.75 Å². The first-order chi connectivity index (χ1) is 12.5. The van der Waals surface area contributed by atoms with Crippen LogP contribution >= 0.6 is 35.0 Å². The van der Waals surface area contributed by atoms with E-state index in [-0.39, 0.29) is 11.2 Å². The van der Waals surface area contributed by atoms with E-state index in [1.807, 2.05) is 24.3 Å². The van der Waals surface area contributed by atoms with E-state index in [9.17, 15) is 4.79 Å². The monoisotopic (exact) mass is 407 g/mol. The van der Waals surface area contributed by atoms with Gasteiger partial charge in [-0.1, -0.05) is 35.0 Å². The van der Waals surface area contributed by atoms with Crippen molar-refractivity contribution in [2.75, 3.05) is 7.11 Å². The first-order valence-electron chi connectivity index (χ1n) is 7.71. The number of hydrogen-bond acceptors (Lipinski definition) is 5.